The lowest BCUT2D eigenvalue weighted by atomic mass is 9.79. The topological polar surface area (TPSA) is 50.4 Å². The molecule has 2 fully saturated rings. The highest BCUT2D eigenvalue weighted by Crippen LogP contribution is 2.29. The summed E-state index contributed by atoms with van der Waals surface area (Å²) in [5.41, 5.74) is 0.755. The van der Waals surface area contributed by atoms with Crippen LogP contribution < -0.4 is 15.4 Å². The van der Waals surface area contributed by atoms with Gasteiger partial charge in [0.15, 0.2) is 0 Å². The number of hydrogen-bond donors (Lipinski definition) is 2. The van der Waals surface area contributed by atoms with E-state index in [1.165, 1.54) is 12.8 Å². The minimum absolute atomic E-state index is 0.00548. The predicted octanol–water partition coefficient (Wildman–Crippen LogP) is 4.05. The second kappa shape index (κ2) is 6.99. The summed E-state index contributed by atoms with van der Waals surface area (Å²) in [5.74, 6) is 0.874. The van der Waals surface area contributed by atoms with E-state index in [4.69, 9.17) is 4.74 Å². The van der Waals surface area contributed by atoms with Crippen LogP contribution in [0.3, 0.4) is 0 Å². The molecule has 1 amide bonds. The Bertz CT molecular complexity index is 585. The minimum atomic E-state index is 0.00548. The predicted molar refractivity (Wildman–Crippen MR) is 101 cm³/mol. The molecule has 1 aromatic carbocycles. The highest BCUT2D eigenvalue weighted by atomic mass is 16.5. The van der Waals surface area contributed by atoms with E-state index in [-0.39, 0.29) is 23.0 Å². The first kappa shape index (κ1) is 18.2. The summed E-state index contributed by atoms with van der Waals surface area (Å²) < 4.78 is 5.97. The van der Waals surface area contributed by atoms with Gasteiger partial charge in [0.1, 0.15) is 5.75 Å². The second-order valence-electron chi connectivity index (χ2n) is 9.02. The van der Waals surface area contributed by atoms with Crippen LogP contribution in [-0.2, 0) is 0 Å². The Morgan fingerprint density at radius 3 is 2.16 bits per heavy atom. The number of ether oxygens (including phenoxy) is 1. The van der Waals surface area contributed by atoms with Crippen molar-refractivity contribution in [3.63, 3.8) is 0 Å². The molecule has 0 atom stereocenters. The molecule has 3 rings (SSSR count). The van der Waals surface area contributed by atoms with Gasteiger partial charge in [-0.25, -0.2) is 0 Å². The molecule has 4 nitrogen and oxygen atoms in total. The maximum absolute atomic E-state index is 12.6. The van der Waals surface area contributed by atoms with Crippen molar-refractivity contribution in [2.24, 2.45) is 0 Å². The van der Waals surface area contributed by atoms with Gasteiger partial charge in [-0.05, 0) is 90.5 Å². The van der Waals surface area contributed by atoms with E-state index in [1.54, 1.807) is 0 Å². The number of carbonyl (C=O) groups excluding carboxylic acids is 1. The lowest BCUT2D eigenvalue weighted by molar-refractivity contribution is 0.0873. The highest BCUT2D eigenvalue weighted by Gasteiger charge is 2.38. The summed E-state index contributed by atoms with van der Waals surface area (Å²) in [6, 6.07) is 7.77. The van der Waals surface area contributed by atoms with Crippen LogP contribution in [0.15, 0.2) is 24.3 Å². The summed E-state index contributed by atoms with van der Waals surface area (Å²) in [5, 5.41) is 6.87. The third kappa shape index (κ3) is 4.97. The number of rotatable bonds is 4. The Morgan fingerprint density at radius 1 is 1.04 bits per heavy atom. The third-order valence-electron chi connectivity index (χ3n) is 5.25. The standard InChI is InChI=1S/C21H32N2O2/c1-20(2)13-16(14-21(3,4)23-20)22-19(24)15-9-11-18(12-10-15)25-17-7-5-6-8-17/h9-12,16-17,23H,5-8,13-14H2,1-4H3,(H,22,24). The SMILES string of the molecule is CC1(C)CC(NC(=O)c2ccc(OC3CCCC3)cc2)CC(C)(C)N1. The summed E-state index contributed by atoms with van der Waals surface area (Å²) >= 11 is 0. The fourth-order valence-corrected chi connectivity index (χ4v) is 4.58. The molecule has 1 aliphatic heterocycles. The summed E-state index contributed by atoms with van der Waals surface area (Å²) in [7, 11) is 0. The van der Waals surface area contributed by atoms with Crippen molar-refractivity contribution >= 4 is 5.91 Å². The van der Waals surface area contributed by atoms with Gasteiger partial charge < -0.3 is 15.4 Å². The number of piperidine rings is 1. The average molecular weight is 344 g/mol. The fraction of sp³-hybridized carbons (Fsp3) is 0.667. The zero-order chi connectivity index (χ0) is 18.1. The Labute approximate surface area is 151 Å². The van der Waals surface area contributed by atoms with Crippen molar-refractivity contribution in [2.45, 2.75) is 89.4 Å². The van der Waals surface area contributed by atoms with Crippen LogP contribution in [0.25, 0.3) is 0 Å². The number of nitrogens with one attached hydrogen (secondary N) is 2. The van der Waals surface area contributed by atoms with E-state index in [2.05, 4.69) is 38.3 Å². The van der Waals surface area contributed by atoms with Crippen molar-refractivity contribution in [1.82, 2.24) is 10.6 Å². The van der Waals surface area contributed by atoms with Crippen molar-refractivity contribution < 1.29 is 9.53 Å². The van der Waals surface area contributed by atoms with Crippen LogP contribution in [0.5, 0.6) is 5.75 Å². The molecule has 0 radical (unpaired) electrons. The Kier molecular flexibility index (Phi) is 5.10. The van der Waals surface area contributed by atoms with Gasteiger partial charge in [-0.2, -0.15) is 0 Å². The Balaban J connectivity index is 1.59. The van der Waals surface area contributed by atoms with Gasteiger partial charge in [0.25, 0.3) is 5.91 Å². The van der Waals surface area contributed by atoms with Crippen molar-refractivity contribution in [1.29, 1.82) is 0 Å². The molecule has 25 heavy (non-hydrogen) atoms. The molecule has 1 aliphatic carbocycles. The van der Waals surface area contributed by atoms with Crippen LogP contribution in [0.2, 0.25) is 0 Å². The summed E-state index contributed by atoms with van der Waals surface area (Å²) in [6.45, 7) is 8.79. The van der Waals surface area contributed by atoms with Gasteiger partial charge in [-0.3, -0.25) is 4.79 Å². The average Bonchev–Trinajstić information content (AvgIpc) is 2.97. The molecule has 2 aliphatic rings. The highest BCUT2D eigenvalue weighted by molar-refractivity contribution is 5.94. The van der Waals surface area contributed by atoms with Gasteiger partial charge in [0.05, 0.1) is 6.10 Å². The largest absolute Gasteiger partial charge is 0.490 e. The van der Waals surface area contributed by atoms with Crippen molar-refractivity contribution in [2.75, 3.05) is 0 Å². The van der Waals surface area contributed by atoms with Crippen LogP contribution in [0.4, 0.5) is 0 Å². The number of carbonyl (C=O) groups is 1. The van der Waals surface area contributed by atoms with E-state index < -0.39 is 0 Å². The first-order valence-corrected chi connectivity index (χ1v) is 9.59. The first-order valence-electron chi connectivity index (χ1n) is 9.59. The summed E-state index contributed by atoms with van der Waals surface area (Å²) in [6.07, 6.45) is 7.02. The Morgan fingerprint density at radius 2 is 1.60 bits per heavy atom. The molecule has 0 unspecified atom stereocenters. The number of amides is 1. The molecule has 1 heterocycles. The maximum Gasteiger partial charge on any atom is 0.251 e. The van der Waals surface area contributed by atoms with Gasteiger partial charge in [-0.1, -0.05) is 0 Å². The van der Waals surface area contributed by atoms with E-state index >= 15 is 0 Å². The summed E-state index contributed by atoms with van der Waals surface area (Å²) in [4.78, 5) is 12.6. The van der Waals surface area contributed by atoms with Gasteiger partial charge in [-0.15, -0.1) is 0 Å². The molecule has 0 bridgehead atoms. The first-order chi connectivity index (χ1) is 11.7. The minimum Gasteiger partial charge on any atom is -0.490 e. The zero-order valence-electron chi connectivity index (χ0n) is 16.0. The molecule has 4 heteroatoms. The maximum atomic E-state index is 12.6. The van der Waals surface area contributed by atoms with E-state index in [0.29, 0.717) is 11.7 Å². The van der Waals surface area contributed by atoms with Crippen LogP contribution in [-0.4, -0.2) is 29.1 Å². The van der Waals surface area contributed by atoms with E-state index in [9.17, 15) is 4.79 Å². The van der Waals surface area contributed by atoms with Crippen molar-refractivity contribution in [3.8, 4) is 5.75 Å². The fourth-order valence-electron chi connectivity index (χ4n) is 4.58. The van der Waals surface area contributed by atoms with Crippen LogP contribution >= 0.6 is 0 Å². The van der Waals surface area contributed by atoms with Crippen LogP contribution in [0.1, 0.15) is 76.6 Å². The molecular weight excluding hydrogens is 312 g/mol. The van der Waals surface area contributed by atoms with Crippen molar-refractivity contribution in [3.05, 3.63) is 29.8 Å². The normalized spacial score (nSPS) is 23.4. The van der Waals surface area contributed by atoms with Gasteiger partial charge >= 0.3 is 0 Å². The Hall–Kier alpha value is -1.55. The molecule has 1 aromatic rings. The third-order valence-corrected chi connectivity index (χ3v) is 5.25. The zero-order valence-corrected chi connectivity index (χ0v) is 16.0. The smallest absolute Gasteiger partial charge is 0.251 e. The molecule has 2 N–H and O–H groups in total. The molecule has 138 valence electrons. The molecule has 0 aromatic heterocycles. The van der Waals surface area contributed by atoms with E-state index in [1.807, 2.05) is 24.3 Å². The monoisotopic (exact) mass is 344 g/mol. The lowest BCUT2D eigenvalue weighted by Gasteiger charge is -2.46. The van der Waals surface area contributed by atoms with E-state index in [0.717, 1.165) is 31.4 Å². The quantitative estimate of drug-likeness (QED) is 0.866. The molecule has 1 saturated carbocycles. The second-order valence-corrected chi connectivity index (χ2v) is 9.02. The number of benzene rings is 1. The molecular formula is C21H32N2O2. The number of hydrogen-bond acceptors (Lipinski definition) is 3. The molecule has 1 saturated heterocycles. The molecule has 0 spiro atoms. The van der Waals surface area contributed by atoms with Gasteiger partial charge in [0, 0.05) is 22.7 Å². The van der Waals surface area contributed by atoms with Gasteiger partial charge in [0.2, 0.25) is 0 Å². The lowest BCUT2D eigenvalue weighted by Crippen LogP contribution is -2.62. The van der Waals surface area contributed by atoms with Crippen LogP contribution in [0, 0.1) is 0 Å².